The maximum Gasteiger partial charge on any atom is 0.330 e. The topological polar surface area (TPSA) is 134 Å². The van der Waals surface area contributed by atoms with Crippen LogP contribution in [-0.4, -0.2) is 30.5 Å². The zero-order chi connectivity index (χ0) is 13.3. The van der Waals surface area contributed by atoms with Crippen LogP contribution in [0.4, 0.5) is 0 Å². The zero-order valence-electron chi connectivity index (χ0n) is 10.0. The summed E-state index contributed by atoms with van der Waals surface area (Å²) in [6.45, 7) is 2.22. The number of nitrogens with two attached hydrogens (primary N) is 3. The summed E-state index contributed by atoms with van der Waals surface area (Å²) < 4.78 is 4.54. The van der Waals surface area contributed by atoms with E-state index in [4.69, 9.17) is 17.2 Å². The number of guanidine groups is 1. The molecule has 98 valence electrons. The normalized spacial score (nSPS) is 11.6. The van der Waals surface area contributed by atoms with Crippen LogP contribution >= 0.6 is 0 Å². The number of hydrogen-bond donors (Lipinski definition) is 3. The Kier molecular flexibility index (Phi) is 7.70. The van der Waals surface area contributed by atoms with Crippen molar-refractivity contribution < 1.29 is 14.3 Å². The summed E-state index contributed by atoms with van der Waals surface area (Å²) in [5.41, 5.74) is 15.8. The molecule has 1 atom stereocenters. The third kappa shape index (κ3) is 8.21. The van der Waals surface area contributed by atoms with Crippen molar-refractivity contribution in [1.29, 1.82) is 0 Å². The molecule has 0 unspecified atom stereocenters. The minimum absolute atomic E-state index is 0.000675. The highest BCUT2D eigenvalue weighted by atomic mass is 16.6. The number of aliphatic imine (C=N–C) groups is 1. The number of hydrogen-bond acceptors (Lipinski definition) is 5. The number of carbonyl (C=O) groups is 2. The molecular weight excluding hydrogens is 224 g/mol. The summed E-state index contributed by atoms with van der Waals surface area (Å²) in [5.74, 6) is -1.25. The quantitative estimate of drug-likeness (QED) is 0.177. The Morgan fingerprint density at radius 1 is 1.35 bits per heavy atom. The molecule has 0 spiro atoms. The lowest BCUT2D eigenvalue weighted by atomic mass is 10.2. The van der Waals surface area contributed by atoms with Crippen molar-refractivity contribution in [3.05, 3.63) is 0 Å². The van der Waals surface area contributed by atoms with E-state index >= 15 is 0 Å². The minimum atomic E-state index is -0.815. The van der Waals surface area contributed by atoms with Crippen LogP contribution in [0.5, 0.6) is 0 Å². The SMILES string of the molecule is CCCC(=O)OC(=O)[C@@H](N)CCCN=C(N)N. The first-order valence-electron chi connectivity index (χ1n) is 5.52. The van der Waals surface area contributed by atoms with Gasteiger partial charge in [-0.2, -0.15) is 0 Å². The molecule has 0 aliphatic heterocycles. The van der Waals surface area contributed by atoms with E-state index in [1.54, 1.807) is 0 Å². The smallest absolute Gasteiger partial charge is 0.330 e. The van der Waals surface area contributed by atoms with E-state index in [1.165, 1.54) is 0 Å². The molecule has 0 radical (unpaired) electrons. The van der Waals surface area contributed by atoms with Crippen molar-refractivity contribution in [1.82, 2.24) is 0 Å². The van der Waals surface area contributed by atoms with E-state index in [-0.39, 0.29) is 12.4 Å². The standard InChI is InChI=1S/C10H20N4O3/c1-2-4-8(15)17-9(16)7(11)5-3-6-14-10(12)13/h7H,2-6,11H2,1H3,(H4,12,13,14)/t7-/m0/s1. The Labute approximate surface area is 100 Å². The van der Waals surface area contributed by atoms with Gasteiger partial charge in [-0.25, -0.2) is 4.79 Å². The van der Waals surface area contributed by atoms with Crippen molar-refractivity contribution >= 4 is 17.9 Å². The van der Waals surface area contributed by atoms with Gasteiger partial charge in [-0.15, -0.1) is 0 Å². The Hall–Kier alpha value is -1.63. The highest BCUT2D eigenvalue weighted by Crippen LogP contribution is 2.00. The van der Waals surface area contributed by atoms with Crippen molar-refractivity contribution in [2.75, 3.05) is 6.54 Å². The summed E-state index contributed by atoms with van der Waals surface area (Å²) in [4.78, 5) is 26.1. The maximum absolute atomic E-state index is 11.3. The van der Waals surface area contributed by atoms with E-state index in [2.05, 4.69) is 9.73 Å². The molecular formula is C10H20N4O3. The van der Waals surface area contributed by atoms with Crippen LogP contribution in [0.3, 0.4) is 0 Å². The minimum Gasteiger partial charge on any atom is -0.392 e. The number of ether oxygens (including phenoxy) is 1. The van der Waals surface area contributed by atoms with Gasteiger partial charge in [0.15, 0.2) is 5.96 Å². The van der Waals surface area contributed by atoms with Gasteiger partial charge in [-0.3, -0.25) is 9.79 Å². The predicted molar refractivity (Wildman–Crippen MR) is 63.9 cm³/mol. The van der Waals surface area contributed by atoms with E-state index in [0.29, 0.717) is 25.8 Å². The van der Waals surface area contributed by atoms with E-state index in [9.17, 15) is 9.59 Å². The first kappa shape index (κ1) is 15.4. The molecule has 0 rings (SSSR count). The van der Waals surface area contributed by atoms with Crippen LogP contribution in [0.25, 0.3) is 0 Å². The predicted octanol–water partition coefficient (Wildman–Crippen LogP) is -0.763. The molecule has 0 amide bonds. The van der Waals surface area contributed by atoms with Gasteiger partial charge in [0.1, 0.15) is 6.04 Å². The van der Waals surface area contributed by atoms with E-state index in [1.807, 2.05) is 6.92 Å². The number of rotatable bonds is 7. The third-order valence-electron chi connectivity index (χ3n) is 1.94. The van der Waals surface area contributed by atoms with E-state index in [0.717, 1.165) is 0 Å². The Balaban J connectivity index is 3.82. The summed E-state index contributed by atoms with van der Waals surface area (Å²) in [7, 11) is 0. The van der Waals surface area contributed by atoms with Crippen molar-refractivity contribution in [3.63, 3.8) is 0 Å². The molecule has 17 heavy (non-hydrogen) atoms. The third-order valence-corrected chi connectivity index (χ3v) is 1.94. The summed E-state index contributed by atoms with van der Waals surface area (Å²) in [6, 6.07) is -0.815. The lowest BCUT2D eigenvalue weighted by Crippen LogP contribution is -2.34. The molecule has 0 heterocycles. The molecule has 0 aliphatic rings. The van der Waals surface area contributed by atoms with Gasteiger partial charge in [-0.05, 0) is 19.3 Å². The number of esters is 2. The van der Waals surface area contributed by atoms with Crippen LogP contribution in [0.1, 0.15) is 32.6 Å². The summed E-state index contributed by atoms with van der Waals surface area (Å²) in [5, 5.41) is 0. The molecule has 0 bridgehead atoms. The summed E-state index contributed by atoms with van der Waals surface area (Å²) >= 11 is 0. The van der Waals surface area contributed by atoms with Crippen LogP contribution in [-0.2, 0) is 14.3 Å². The highest BCUT2D eigenvalue weighted by molar-refractivity contribution is 5.88. The fourth-order valence-electron chi connectivity index (χ4n) is 1.08. The average molecular weight is 244 g/mol. The monoisotopic (exact) mass is 244 g/mol. The number of nitrogens with zero attached hydrogens (tertiary/aromatic N) is 1. The maximum atomic E-state index is 11.3. The molecule has 0 saturated heterocycles. The van der Waals surface area contributed by atoms with Crippen LogP contribution < -0.4 is 17.2 Å². The van der Waals surface area contributed by atoms with Gasteiger partial charge >= 0.3 is 11.9 Å². The lowest BCUT2D eigenvalue weighted by molar-refractivity contribution is -0.160. The zero-order valence-corrected chi connectivity index (χ0v) is 10.0. The largest absolute Gasteiger partial charge is 0.392 e. The van der Waals surface area contributed by atoms with Gasteiger partial charge in [0, 0.05) is 13.0 Å². The van der Waals surface area contributed by atoms with Gasteiger partial charge in [-0.1, -0.05) is 6.92 Å². The molecule has 0 aliphatic carbocycles. The molecule has 0 aromatic rings. The Morgan fingerprint density at radius 2 is 2.00 bits per heavy atom. The molecule has 6 N–H and O–H groups in total. The van der Waals surface area contributed by atoms with Gasteiger partial charge in [0.2, 0.25) is 0 Å². The fraction of sp³-hybridized carbons (Fsp3) is 0.700. The fourth-order valence-corrected chi connectivity index (χ4v) is 1.08. The molecule has 0 saturated carbocycles. The molecule has 0 fully saturated rings. The Bertz CT molecular complexity index is 287. The second kappa shape index (κ2) is 8.51. The first-order chi connectivity index (χ1) is 7.97. The Morgan fingerprint density at radius 3 is 2.53 bits per heavy atom. The van der Waals surface area contributed by atoms with Crippen molar-refractivity contribution in [2.45, 2.75) is 38.6 Å². The summed E-state index contributed by atoms with van der Waals surface area (Å²) in [6.07, 6.45) is 1.77. The van der Waals surface area contributed by atoms with Crippen molar-refractivity contribution in [3.8, 4) is 0 Å². The molecule has 0 aromatic carbocycles. The molecule has 7 heteroatoms. The molecule has 7 nitrogen and oxygen atoms in total. The number of carbonyl (C=O) groups excluding carboxylic acids is 2. The van der Waals surface area contributed by atoms with Crippen LogP contribution in [0.15, 0.2) is 4.99 Å². The second-order valence-corrected chi connectivity index (χ2v) is 3.60. The second-order valence-electron chi connectivity index (χ2n) is 3.60. The molecule has 0 aromatic heterocycles. The van der Waals surface area contributed by atoms with Gasteiger partial charge < -0.3 is 21.9 Å². The average Bonchev–Trinajstić information content (AvgIpc) is 2.23. The highest BCUT2D eigenvalue weighted by Gasteiger charge is 2.17. The van der Waals surface area contributed by atoms with Gasteiger partial charge in [0.25, 0.3) is 0 Å². The first-order valence-corrected chi connectivity index (χ1v) is 5.52. The van der Waals surface area contributed by atoms with Gasteiger partial charge in [0.05, 0.1) is 0 Å². The van der Waals surface area contributed by atoms with Crippen LogP contribution in [0.2, 0.25) is 0 Å². The lowest BCUT2D eigenvalue weighted by Gasteiger charge is -2.09. The van der Waals surface area contributed by atoms with Crippen molar-refractivity contribution in [2.24, 2.45) is 22.2 Å². The van der Waals surface area contributed by atoms with E-state index < -0.39 is 18.0 Å². The van der Waals surface area contributed by atoms with Crippen LogP contribution in [0, 0.1) is 0 Å².